The topological polar surface area (TPSA) is 25.8 Å². The van der Waals surface area contributed by atoms with Crippen molar-refractivity contribution in [1.29, 1.82) is 0 Å². The molecule has 2 aromatic rings. The van der Waals surface area contributed by atoms with Crippen LogP contribution in [-0.4, -0.2) is 9.97 Å². The first-order chi connectivity index (χ1) is 7.18. The first-order valence-electron chi connectivity index (χ1n) is 4.42. The molecule has 76 valence electrons. The first-order valence-corrected chi connectivity index (χ1v) is 5.59. The van der Waals surface area contributed by atoms with Gasteiger partial charge in [-0.1, -0.05) is 45.7 Å². The third-order valence-electron chi connectivity index (χ3n) is 2.02. The maximum Gasteiger partial charge on any atom is 0.161 e. The molecule has 0 aliphatic rings. The van der Waals surface area contributed by atoms with Crippen LogP contribution in [0.15, 0.2) is 34.9 Å². The highest BCUT2D eigenvalue weighted by Gasteiger charge is 2.06. The molecular formula is C11H8BrClN2. The van der Waals surface area contributed by atoms with Gasteiger partial charge in [-0.25, -0.2) is 9.97 Å². The van der Waals surface area contributed by atoms with Gasteiger partial charge in [0.25, 0.3) is 0 Å². The molecule has 0 aliphatic carbocycles. The van der Waals surface area contributed by atoms with Gasteiger partial charge in [0, 0.05) is 21.8 Å². The Hall–Kier alpha value is -0.930. The number of rotatable bonds is 1. The molecule has 1 aromatic carbocycles. The van der Waals surface area contributed by atoms with Crippen LogP contribution in [0.25, 0.3) is 11.4 Å². The van der Waals surface area contributed by atoms with Crippen molar-refractivity contribution < 1.29 is 0 Å². The van der Waals surface area contributed by atoms with E-state index in [2.05, 4.69) is 25.9 Å². The van der Waals surface area contributed by atoms with E-state index in [0.717, 1.165) is 15.6 Å². The molecule has 2 nitrogen and oxygen atoms in total. The Morgan fingerprint density at radius 1 is 1.27 bits per heavy atom. The van der Waals surface area contributed by atoms with Gasteiger partial charge in [-0.15, -0.1) is 0 Å². The number of halogens is 2. The fraction of sp³-hybridized carbons (Fsp3) is 0.0909. The van der Waals surface area contributed by atoms with E-state index in [4.69, 9.17) is 11.6 Å². The third kappa shape index (κ3) is 2.19. The number of aryl methyl sites for hydroxylation is 1. The summed E-state index contributed by atoms with van der Waals surface area (Å²) in [5.41, 5.74) is 1.83. The van der Waals surface area contributed by atoms with Crippen LogP contribution in [-0.2, 0) is 0 Å². The fourth-order valence-electron chi connectivity index (χ4n) is 1.19. The minimum absolute atomic E-state index is 0.496. The Morgan fingerprint density at radius 2 is 2.00 bits per heavy atom. The summed E-state index contributed by atoms with van der Waals surface area (Å²) in [5, 5.41) is 0.496. The van der Waals surface area contributed by atoms with Crippen molar-refractivity contribution in [3.8, 4) is 11.4 Å². The van der Waals surface area contributed by atoms with E-state index in [1.54, 1.807) is 6.20 Å². The third-order valence-corrected chi connectivity index (χ3v) is 3.10. The van der Waals surface area contributed by atoms with Crippen LogP contribution in [0.1, 0.15) is 5.56 Å². The van der Waals surface area contributed by atoms with Gasteiger partial charge in [0.15, 0.2) is 5.82 Å². The number of benzene rings is 1. The second-order valence-electron chi connectivity index (χ2n) is 3.15. The Kier molecular flexibility index (Phi) is 3.03. The Bertz CT molecular complexity index is 500. The van der Waals surface area contributed by atoms with Gasteiger partial charge in [0.2, 0.25) is 0 Å². The zero-order chi connectivity index (χ0) is 10.8. The summed E-state index contributed by atoms with van der Waals surface area (Å²) in [6.45, 7) is 1.88. The van der Waals surface area contributed by atoms with Gasteiger partial charge in [-0.3, -0.25) is 0 Å². The Labute approximate surface area is 101 Å². The summed E-state index contributed by atoms with van der Waals surface area (Å²) in [4.78, 5) is 8.47. The van der Waals surface area contributed by atoms with E-state index >= 15 is 0 Å². The molecule has 1 aromatic heterocycles. The molecule has 4 heteroatoms. The standard InChI is InChI=1S/C11H8BrClN2/c1-7-6-14-11(15-10(7)13)8-4-2-3-5-9(8)12/h2-6H,1H3. The molecule has 1 heterocycles. The van der Waals surface area contributed by atoms with Crippen molar-refractivity contribution >= 4 is 27.5 Å². The van der Waals surface area contributed by atoms with Gasteiger partial charge >= 0.3 is 0 Å². The van der Waals surface area contributed by atoms with Gasteiger partial charge in [-0.05, 0) is 13.0 Å². The monoisotopic (exact) mass is 282 g/mol. The second-order valence-corrected chi connectivity index (χ2v) is 4.36. The minimum atomic E-state index is 0.496. The van der Waals surface area contributed by atoms with E-state index in [0.29, 0.717) is 11.0 Å². The lowest BCUT2D eigenvalue weighted by Crippen LogP contribution is -1.91. The lowest BCUT2D eigenvalue weighted by Gasteiger charge is -2.03. The molecule has 0 radical (unpaired) electrons. The summed E-state index contributed by atoms with van der Waals surface area (Å²) in [6, 6.07) is 7.79. The van der Waals surface area contributed by atoms with Crippen molar-refractivity contribution in [2.75, 3.05) is 0 Å². The smallest absolute Gasteiger partial charge is 0.161 e. The molecular weight excluding hydrogens is 275 g/mol. The highest BCUT2D eigenvalue weighted by molar-refractivity contribution is 9.10. The van der Waals surface area contributed by atoms with Crippen LogP contribution >= 0.6 is 27.5 Å². The number of aromatic nitrogens is 2. The van der Waals surface area contributed by atoms with Crippen LogP contribution in [0.4, 0.5) is 0 Å². The lowest BCUT2D eigenvalue weighted by atomic mass is 10.2. The SMILES string of the molecule is Cc1cnc(-c2ccccc2Br)nc1Cl. The Morgan fingerprint density at radius 3 is 2.67 bits per heavy atom. The van der Waals surface area contributed by atoms with Gasteiger partial charge in [-0.2, -0.15) is 0 Å². The molecule has 0 atom stereocenters. The quantitative estimate of drug-likeness (QED) is 0.743. The van der Waals surface area contributed by atoms with Gasteiger partial charge < -0.3 is 0 Å². The average molecular weight is 284 g/mol. The molecule has 0 aliphatic heterocycles. The lowest BCUT2D eigenvalue weighted by molar-refractivity contribution is 1.14. The molecule has 0 N–H and O–H groups in total. The zero-order valence-corrected chi connectivity index (χ0v) is 10.4. The Balaban J connectivity index is 2.55. The van der Waals surface area contributed by atoms with E-state index in [9.17, 15) is 0 Å². The molecule has 0 amide bonds. The number of hydrogen-bond donors (Lipinski definition) is 0. The van der Waals surface area contributed by atoms with E-state index in [1.165, 1.54) is 0 Å². The second kappa shape index (κ2) is 4.29. The molecule has 0 saturated carbocycles. The van der Waals surface area contributed by atoms with Crippen molar-refractivity contribution in [3.63, 3.8) is 0 Å². The molecule has 0 fully saturated rings. The van der Waals surface area contributed by atoms with Crippen molar-refractivity contribution in [3.05, 3.63) is 45.7 Å². The van der Waals surface area contributed by atoms with Crippen LogP contribution in [0, 0.1) is 6.92 Å². The molecule has 0 unspecified atom stereocenters. The fourth-order valence-corrected chi connectivity index (χ4v) is 1.78. The summed E-state index contributed by atoms with van der Waals surface area (Å²) in [5.74, 6) is 0.637. The maximum absolute atomic E-state index is 5.95. The van der Waals surface area contributed by atoms with Gasteiger partial charge in [0.1, 0.15) is 5.15 Å². The molecule has 0 spiro atoms. The molecule has 0 saturated heterocycles. The number of hydrogen-bond acceptors (Lipinski definition) is 2. The van der Waals surface area contributed by atoms with Crippen molar-refractivity contribution in [1.82, 2.24) is 9.97 Å². The maximum atomic E-state index is 5.95. The van der Waals surface area contributed by atoms with Crippen molar-refractivity contribution in [2.45, 2.75) is 6.92 Å². The first kappa shape index (κ1) is 10.6. The zero-order valence-electron chi connectivity index (χ0n) is 8.04. The summed E-state index contributed by atoms with van der Waals surface area (Å²) in [6.07, 6.45) is 1.73. The predicted molar refractivity (Wildman–Crippen MR) is 64.9 cm³/mol. The minimum Gasteiger partial charge on any atom is -0.236 e. The van der Waals surface area contributed by atoms with E-state index in [-0.39, 0.29) is 0 Å². The van der Waals surface area contributed by atoms with Crippen LogP contribution in [0.5, 0.6) is 0 Å². The molecule has 0 bridgehead atoms. The predicted octanol–water partition coefficient (Wildman–Crippen LogP) is 3.87. The summed E-state index contributed by atoms with van der Waals surface area (Å²) >= 11 is 9.40. The highest BCUT2D eigenvalue weighted by atomic mass is 79.9. The normalized spacial score (nSPS) is 10.3. The molecule has 15 heavy (non-hydrogen) atoms. The average Bonchev–Trinajstić information content (AvgIpc) is 2.23. The van der Waals surface area contributed by atoms with Gasteiger partial charge in [0.05, 0.1) is 0 Å². The van der Waals surface area contributed by atoms with Crippen LogP contribution in [0.3, 0.4) is 0 Å². The molecule has 2 rings (SSSR count). The number of nitrogens with zero attached hydrogens (tertiary/aromatic N) is 2. The largest absolute Gasteiger partial charge is 0.236 e. The summed E-state index contributed by atoms with van der Waals surface area (Å²) in [7, 11) is 0. The van der Waals surface area contributed by atoms with E-state index < -0.39 is 0 Å². The highest BCUT2D eigenvalue weighted by Crippen LogP contribution is 2.26. The van der Waals surface area contributed by atoms with Crippen molar-refractivity contribution in [2.24, 2.45) is 0 Å². The van der Waals surface area contributed by atoms with Crippen LogP contribution < -0.4 is 0 Å². The summed E-state index contributed by atoms with van der Waals surface area (Å²) < 4.78 is 0.963. The van der Waals surface area contributed by atoms with Crippen LogP contribution in [0.2, 0.25) is 5.15 Å². The van der Waals surface area contributed by atoms with E-state index in [1.807, 2.05) is 31.2 Å².